The number of anilines is 1. The number of nitrogen functional groups attached to an aromatic ring is 1. The molecular weight excluding hydrogens is 404 g/mol. The van der Waals surface area contributed by atoms with Crippen molar-refractivity contribution in [2.24, 2.45) is 0 Å². The highest BCUT2D eigenvalue weighted by atomic mass is 32.2. The summed E-state index contributed by atoms with van der Waals surface area (Å²) in [5, 5.41) is 3.99. The van der Waals surface area contributed by atoms with E-state index < -0.39 is 22.4 Å². The van der Waals surface area contributed by atoms with Gasteiger partial charge >= 0.3 is 0 Å². The van der Waals surface area contributed by atoms with Gasteiger partial charge in [0.2, 0.25) is 10.0 Å². The van der Waals surface area contributed by atoms with Crippen LogP contribution in [-0.4, -0.2) is 63.2 Å². The molecule has 1 aromatic carbocycles. The summed E-state index contributed by atoms with van der Waals surface area (Å²) in [6.45, 7) is -0.107. The molecule has 30 heavy (non-hydrogen) atoms. The van der Waals surface area contributed by atoms with Crippen molar-refractivity contribution < 1.29 is 12.5 Å². The number of rotatable bonds is 5. The van der Waals surface area contributed by atoms with Crippen molar-refractivity contribution >= 4 is 15.8 Å². The van der Waals surface area contributed by atoms with E-state index in [-0.39, 0.29) is 33.4 Å². The summed E-state index contributed by atoms with van der Waals surface area (Å²) in [7, 11) is -3.90. The van der Waals surface area contributed by atoms with Crippen LogP contribution in [0.3, 0.4) is 0 Å². The zero-order chi connectivity index (χ0) is 23.4. The van der Waals surface area contributed by atoms with Gasteiger partial charge in [0.25, 0.3) is 0 Å². The predicted octanol–water partition coefficient (Wildman–Crippen LogP) is 0.741. The number of piperidine rings is 1. The lowest BCUT2D eigenvalue weighted by molar-refractivity contribution is 0.359. The average molecular weight is 430 g/mol. The third kappa shape index (κ3) is 3.24. The fourth-order valence-corrected chi connectivity index (χ4v) is 5.59. The molecule has 2 bridgehead atoms. The Balaban J connectivity index is 1.60. The van der Waals surface area contributed by atoms with Crippen LogP contribution < -0.4 is 10.5 Å². The van der Waals surface area contributed by atoms with Gasteiger partial charge in [0, 0.05) is 34.8 Å². The number of hydrogen-bond acceptors (Lipinski definition) is 8. The van der Waals surface area contributed by atoms with Gasteiger partial charge in [0.15, 0.2) is 11.6 Å². The van der Waals surface area contributed by atoms with E-state index in [1.54, 1.807) is 0 Å². The Morgan fingerprint density at radius 2 is 2.13 bits per heavy atom. The van der Waals surface area contributed by atoms with Crippen molar-refractivity contribution in [2.75, 3.05) is 25.4 Å². The molecule has 2 fully saturated rings. The first-order valence-corrected chi connectivity index (χ1v) is 10.9. The maximum Gasteiger partial charge on any atom is 0.241 e. The van der Waals surface area contributed by atoms with E-state index in [9.17, 15) is 8.42 Å². The zero-order valence-corrected chi connectivity index (χ0v) is 16.8. The van der Waals surface area contributed by atoms with Crippen LogP contribution in [0, 0.1) is 6.85 Å². The molecule has 2 saturated heterocycles. The van der Waals surface area contributed by atoms with E-state index in [4.69, 9.17) is 9.85 Å². The molecule has 2 aromatic heterocycles. The Morgan fingerprint density at radius 3 is 2.80 bits per heavy atom. The van der Waals surface area contributed by atoms with Crippen LogP contribution in [0.1, 0.15) is 22.5 Å². The van der Waals surface area contributed by atoms with Crippen molar-refractivity contribution in [3.63, 3.8) is 0 Å². The molecule has 0 aliphatic carbocycles. The fraction of sp³-hybridized carbons (Fsp3) is 0.368. The van der Waals surface area contributed by atoms with Gasteiger partial charge in [-0.25, -0.2) is 28.1 Å². The van der Waals surface area contributed by atoms with Crippen LogP contribution in [0.4, 0.5) is 5.82 Å². The van der Waals surface area contributed by atoms with Crippen molar-refractivity contribution in [1.29, 1.82) is 0 Å². The first-order chi connectivity index (χ1) is 15.6. The van der Waals surface area contributed by atoms with Gasteiger partial charge in [0.05, 0.1) is 16.8 Å². The average Bonchev–Trinajstić information content (AvgIpc) is 3.50. The van der Waals surface area contributed by atoms with E-state index in [0.717, 1.165) is 25.9 Å². The fourth-order valence-electron chi connectivity index (χ4n) is 4.11. The molecule has 5 rings (SSSR count). The Labute approximate surface area is 178 Å². The maximum atomic E-state index is 13.3. The SMILES string of the molecule is [2H]C([2H])([2H])c1ccc(S(=O)(=O)NC23CCN(CC2)C3)cc1-c1cnc(N)c(-n2cncn2)n1. The molecule has 3 N–H and O–H groups in total. The van der Waals surface area contributed by atoms with Gasteiger partial charge in [-0.15, -0.1) is 0 Å². The second-order valence-corrected chi connectivity index (χ2v) is 9.36. The minimum Gasteiger partial charge on any atom is -0.381 e. The highest BCUT2D eigenvalue weighted by molar-refractivity contribution is 7.89. The molecule has 10 nitrogen and oxygen atoms in total. The van der Waals surface area contributed by atoms with Gasteiger partial charge in [0.1, 0.15) is 12.7 Å². The van der Waals surface area contributed by atoms with Crippen LogP contribution in [0.5, 0.6) is 0 Å². The summed E-state index contributed by atoms with van der Waals surface area (Å²) < 4.78 is 54.5. The third-order valence-corrected chi connectivity index (χ3v) is 7.26. The van der Waals surface area contributed by atoms with Crippen LogP contribution >= 0.6 is 0 Å². The van der Waals surface area contributed by atoms with Crippen molar-refractivity contribution in [2.45, 2.75) is 30.1 Å². The van der Waals surface area contributed by atoms with E-state index in [2.05, 4.69) is 29.7 Å². The number of nitrogens with zero attached hydrogens (tertiary/aromatic N) is 6. The van der Waals surface area contributed by atoms with E-state index in [1.165, 1.54) is 41.7 Å². The molecule has 11 heteroatoms. The van der Waals surface area contributed by atoms with Crippen LogP contribution in [0.2, 0.25) is 0 Å². The number of aryl methyl sites for hydroxylation is 1. The molecular formula is C19H22N8O2S. The number of fused-ring (bicyclic) bond motifs is 2. The summed E-state index contributed by atoms with van der Waals surface area (Å²) in [6, 6.07) is 3.94. The lowest BCUT2D eigenvalue weighted by atomic mass is 9.97. The van der Waals surface area contributed by atoms with Crippen LogP contribution in [0.25, 0.3) is 17.1 Å². The summed E-state index contributed by atoms with van der Waals surface area (Å²) >= 11 is 0. The normalized spacial score (nSPS) is 25.1. The summed E-state index contributed by atoms with van der Waals surface area (Å²) in [5.41, 5.74) is 5.68. The lowest BCUT2D eigenvalue weighted by Gasteiger charge is -2.26. The predicted molar refractivity (Wildman–Crippen MR) is 110 cm³/mol. The number of benzene rings is 1. The van der Waals surface area contributed by atoms with Gasteiger partial charge in [-0.3, -0.25) is 0 Å². The van der Waals surface area contributed by atoms with Crippen molar-refractivity contribution in [3.8, 4) is 17.1 Å². The third-order valence-electron chi connectivity index (χ3n) is 5.68. The number of sulfonamides is 1. The van der Waals surface area contributed by atoms with E-state index in [1.807, 2.05) is 0 Å². The lowest BCUT2D eigenvalue weighted by Crippen LogP contribution is -2.47. The maximum absolute atomic E-state index is 13.3. The Hall–Kier alpha value is -2.89. The number of aromatic nitrogens is 5. The molecule has 0 unspecified atom stereocenters. The number of nitrogens with two attached hydrogens (primary N) is 1. The number of hydrogen-bond donors (Lipinski definition) is 2. The molecule has 2 aliphatic rings. The Morgan fingerprint density at radius 1 is 1.30 bits per heavy atom. The van der Waals surface area contributed by atoms with Crippen molar-refractivity contribution in [3.05, 3.63) is 42.6 Å². The standard InChI is InChI=1S/C19H22N8O2S/c1-13-2-3-14(30(28,29)25-19-4-6-26(10-19)7-5-19)8-15(13)16-9-22-17(20)18(24-16)27-12-21-11-23-27/h2-3,8-9,11-12,25H,4-7,10H2,1H3,(H2,20,22)/i1D3. The number of nitrogens with one attached hydrogen (secondary N) is 1. The minimum absolute atomic E-state index is 0.0360. The molecule has 156 valence electrons. The second kappa shape index (κ2) is 6.83. The molecule has 4 heterocycles. The summed E-state index contributed by atoms with van der Waals surface area (Å²) in [4.78, 5) is 14.6. The topological polar surface area (TPSA) is 132 Å². The van der Waals surface area contributed by atoms with E-state index in [0.29, 0.717) is 6.54 Å². The van der Waals surface area contributed by atoms with Crippen LogP contribution in [-0.2, 0) is 10.0 Å². The second-order valence-electron chi connectivity index (χ2n) is 7.67. The molecule has 0 spiro atoms. The molecule has 0 amide bonds. The van der Waals surface area contributed by atoms with Gasteiger partial charge < -0.3 is 10.6 Å². The molecule has 0 radical (unpaired) electrons. The minimum atomic E-state index is -3.90. The van der Waals surface area contributed by atoms with Crippen molar-refractivity contribution in [1.82, 2.24) is 34.4 Å². The highest BCUT2D eigenvalue weighted by Gasteiger charge is 2.46. The van der Waals surface area contributed by atoms with Gasteiger partial charge in [-0.2, -0.15) is 9.78 Å². The van der Waals surface area contributed by atoms with E-state index >= 15 is 0 Å². The largest absolute Gasteiger partial charge is 0.381 e. The first kappa shape index (κ1) is 15.9. The van der Waals surface area contributed by atoms with Crippen LogP contribution in [0.15, 0.2) is 41.9 Å². The van der Waals surface area contributed by atoms with Gasteiger partial charge in [-0.1, -0.05) is 6.07 Å². The highest BCUT2D eigenvalue weighted by Crippen LogP contribution is 2.34. The smallest absolute Gasteiger partial charge is 0.241 e. The Kier molecular flexibility index (Phi) is 3.61. The molecule has 3 aromatic rings. The summed E-state index contributed by atoms with van der Waals surface area (Å²) in [6.07, 6.45) is 5.49. The molecule has 0 atom stereocenters. The Bertz CT molecular complexity index is 1300. The summed E-state index contributed by atoms with van der Waals surface area (Å²) in [5.74, 6) is 0.222. The quantitative estimate of drug-likeness (QED) is 0.607. The molecule has 2 aliphatic heterocycles. The van der Waals surface area contributed by atoms with Gasteiger partial charge in [-0.05, 0) is 37.4 Å². The first-order valence-electron chi connectivity index (χ1n) is 11.0. The zero-order valence-electron chi connectivity index (χ0n) is 19.0. The molecule has 0 saturated carbocycles. The monoisotopic (exact) mass is 429 g/mol.